The Morgan fingerprint density at radius 2 is 1.65 bits per heavy atom. The molecular weight excluding hydrogens is 301 g/mol. The van der Waals surface area contributed by atoms with Gasteiger partial charge in [0.2, 0.25) is 0 Å². The summed E-state index contributed by atoms with van der Waals surface area (Å²) in [7, 11) is -1.72. The first kappa shape index (κ1) is 16.7. The molecule has 0 saturated heterocycles. The predicted octanol–water partition coefficient (Wildman–Crippen LogP) is 3.86. The Morgan fingerprint density at radius 1 is 1.10 bits per heavy atom. The molecule has 1 aromatic rings. The van der Waals surface area contributed by atoms with Gasteiger partial charge in [-0.2, -0.15) is 17.6 Å². The molecule has 0 aliphatic carbocycles. The van der Waals surface area contributed by atoms with E-state index >= 15 is 0 Å². The van der Waals surface area contributed by atoms with Crippen LogP contribution in [0.2, 0.25) is 0 Å². The minimum absolute atomic E-state index is 0.0523. The van der Waals surface area contributed by atoms with Crippen molar-refractivity contribution in [2.24, 2.45) is 4.40 Å². The lowest BCUT2D eigenvalue weighted by molar-refractivity contribution is -0.140. The van der Waals surface area contributed by atoms with Crippen molar-refractivity contribution in [1.29, 1.82) is 0 Å². The molecule has 0 N–H and O–H groups in total. The highest BCUT2D eigenvalue weighted by molar-refractivity contribution is 7.85. The lowest BCUT2D eigenvalue weighted by Crippen LogP contribution is -2.19. The molecule has 8 heteroatoms. The third-order valence-corrected chi connectivity index (χ3v) is 3.55. The fourth-order valence-corrected chi connectivity index (χ4v) is 1.67. The summed E-state index contributed by atoms with van der Waals surface area (Å²) in [6.45, 7) is 4.85. The molecule has 1 atom stereocenters. The maximum atomic E-state index is 13.5. The molecule has 0 radical (unpaired) electrons. The van der Waals surface area contributed by atoms with E-state index in [0.29, 0.717) is 6.07 Å². The van der Waals surface area contributed by atoms with Crippen molar-refractivity contribution in [2.45, 2.75) is 31.7 Å². The first-order valence-electron chi connectivity index (χ1n) is 5.45. The molecule has 20 heavy (non-hydrogen) atoms. The Labute approximate surface area is 115 Å². The average Bonchev–Trinajstić information content (AvgIpc) is 2.26. The van der Waals surface area contributed by atoms with Crippen LogP contribution in [0.15, 0.2) is 16.5 Å². The summed E-state index contributed by atoms with van der Waals surface area (Å²) < 4.78 is 78.1. The molecule has 0 spiro atoms. The van der Waals surface area contributed by atoms with E-state index in [9.17, 15) is 26.2 Å². The van der Waals surface area contributed by atoms with Gasteiger partial charge in [0.05, 0.1) is 10.3 Å². The van der Waals surface area contributed by atoms with Gasteiger partial charge in [0.1, 0.15) is 22.6 Å². The molecule has 1 unspecified atom stereocenters. The first-order valence-corrected chi connectivity index (χ1v) is 6.56. The van der Waals surface area contributed by atoms with E-state index in [0.717, 1.165) is 6.21 Å². The first-order chi connectivity index (χ1) is 8.93. The molecule has 0 aliphatic heterocycles. The van der Waals surface area contributed by atoms with Gasteiger partial charge in [0, 0.05) is 11.8 Å². The van der Waals surface area contributed by atoms with E-state index < -0.39 is 44.7 Å². The van der Waals surface area contributed by atoms with E-state index in [1.54, 1.807) is 20.8 Å². The van der Waals surface area contributed by atoms with Gasteiger partial charge in [-0.1, -0.05) is 0 Å². The predicted molar refractivity (Wildman–Crippen MR) is 66.8 cm³/mol. The largest absolute Gasteiger partial charge is 0.419 e. The smallest absolute Gasteiger partial charge is 0.234 e. The van der Waals surface area contributed by atoms with Crippen molar-refractivity contribution in [2.75, 3.05) is 0 Å². The second-order valence-electron chi connectivity index (χ2n) is 4.95. The van der Waals surface area contributed by atoms with Gasteiger partial charge in [-0.25, -0.2) is 13.0 Å². The summed E-state index contributed by atoms with van der Waals surface area (Å²) in [6.07, 6.45) is -4.21. The van der Waals surface area contributed by atoms with Crippen molar-refractivity contribution in [1.82, 2.24) is 0 Å². The lowest BCUT2D eigenvalue weighted by Gasteiger charge is -2.13. The van der Waals surface area contributed by atoms with E-state index in [4.69, 9.17) is 0 Å². The quantitative estimate of drug-likeness (QED) is 0.602. The van der Waals surface area contributed by atoms with Crippen molar-refractivity contribution in [3.05, 3.63) is 34.9 Å². The standard InChI is InChI=1S/C12H12F5NOS/c1-11(2,3)20(19)18-6-7-4-10(14)8(5-9(7)13)12(15,16)17/h4-6H,1-3H3. The lowest BCUT2D eigenvalue weighted by atomic mass is 10.1. The second kappa shape index (κ2) is 5.59. The topological polar surface area (TPSA) is 29.4 Å². The number of hydrogen-bond acceptors (Lipinski definition) is 1. The van der Waals surface area contributed by atoms with Crippen LogP contribution in [0.4, 0.5) is 22.0 Å². The zero-order valence-corrected chi connectivity index (χ0v) is 11.7. The van der Waals surface area contributed by atoms with Crippen LogP contribution in [-0.2, 0) is 17.2 Å². The van der Waals surface area contributed by atoms with Crippen LogP contribution < -0.4 is 0 Å². The van der Waals surface area contributed by atoms with Gasteiger partial charge in [-0.3, -0.25) is 0 Å². The van der Waals surface area contributed by atoms with Crippen molar-refractivity contribution < 1.29 is 26.2 Å². The van der Waals surface area contributed by atoms with Gasteiger partial charge < -0.3 is 0 Å². The van der Waals surface area contributed by atoms with Crippen LogP contribution in [-0.4, -0.2) is 15.2 Å². The van der Waals surface area contributed by atoms with Crippen LogP contribution in [0, 0.1) is 11.6 Å². The van der Waals surface area contributed by atoms with Crippen LogP contribution >= 0.6 is 0 Å². The van der Waals surface area contributed by atoms with Crippen molar-refractivity contribution in [3.63, 3.8) is 0 Å². The molecule has 0 bridgehead atoms. The number of halogens is 5. The number of benzene rings is 1. The molecule has 1 aromatic carbocycles. The Morgan fingerprint density at radius 3 is 2.10 bits per heavy atom. The molecule has 1 rings (SSSR count). The minimum atomic E-state index is -4.98. The van der Waals surface area contributed by atoms with E-state index in [-0.39, 0.29) is 6.07 Å². The highest BCUT2D eigenvalue weighted by Gasteiger charge is 2.35. The second-order valence-corrected chi connectivity index (χ2v) is 6.88. The summed E-state index contributed by atoms with van der Waals surface area (Å²) in [5, 5.41) is 0. The molecule has 2 nitrogen and oxygen atoms in total. The molecule has 0 aromatic heterocycles. The summed E-state index contributed by atoms with van der Waals surface area (Å²) in [5.41, 5.74) is -2.18. The molecular formula is C12H12F5NOS. The minimum Gasteiger partial charge on any atom is -0.234 e. The number of nitrogens with zero attached hydrogens (tertiary/aromatic N) is 1. The maximum Gasteiger partial charge on any atom is 0.419 e. The summed E-state index contributed by atoms with van der Waals surface area (Å²) in [4.78, 5) is 0. The van der Waals surface area contributed by atoms with Crippen LogP contribution in [0.5, 0.6) is 0 Å². The third-order valence-electron chi connectivity index (χ3n) is 2.20. The highest BCUT2D eigenvalue weighted by Crippen LogP contribution is 2.32. The normalized spacial score (nSPS) is 14.8. The number of rotatable bonds is 2. The SMILES string of the molecule is CC(C)(C)S(=O)N=Cc1cc(F)c(C(F)(F)F)cc1F. The molecule has 0 saturated carbocycles. The summed E-state index contributed by atoms with van der Waals surface area (Å²) in [5.74, 6) is -2.89. The Bertz CT molecular complexity index is 560. The monoisotopic (exact) mass is 313 g/mol. The number of hydrogen-bond donors (Lipinski definition) is 0. The average molecular weight is 313 g/mol. The maximum absolute atomic E-state index is 13.5. The molecule has 0 fully saturated rings. The van der Waals surface area contributed by atoms with Gasteiger partial charge in [0.25, 0.3) is 0 Å². The van der Waals surface area contributed by atoms with Gasteiger partial charge in [-0.05, 0) is 32.9 Å². The highest BCUT2D eigenvalue weighted by atomic mass is 32.2. The van der Waals surface area contributed by atoms with Gasteiger partial charge >= 0.3 is 6.18 Å². The molecule has 0 heterocycles. The Balaban J connectivity index is 3.15. The van der Waals surface area contributed by atoms with E-state index in [2.05, 4.69) is 4.40 Å². The fourth-order valence-electron chi connectivity index (χ4n) is 1.14. The zero-order chi connectivity index (χ0) is 15.7. The van der Waals surface area contributed by atoms with Crippen LogP contribution in [0.25, 0.3) is 0 Å². The molecule has 0 aliphatic rings. The van der Waals surface area contributed by atoms with Crippen molar-refractivity contribution in [3.8, 4) is 0 Å². The van der Waals surface area contributed by atoms with Crippen LogP contribution in [0.1, 0.15) is 31.9 Å². The van der Waals surface area contributed by atoms with Gasteiger partial charge in [0.15, 0.2) is 0 Å². The van der Waals surface area contributed by atoms with E-state index in [1.165, 1.54) is 0 Å². The third kappa shape index (κ3) is 4.09. The Kier molecular flexibility index (Phi) is 4.68. The zero-order valence-electron chi connectivity index (χ0n) is 10.9. The van der Waals surface area contributed by atoms with Crippen molar-refractivity contribution >= 4 is 17.2 Å². The number of alkyl halides is 3. The summed E-state index contributed by atoms with van der Waals surface area (Å²) in [6, 6.07) is 0.429. The van der Waals surface area contributed by atoms with Gasteiger partial charge in [-0.15, -0.1) is 0 Å². The van der Waals surface area contributed by atoms with Crippen LogP contribution in [0.3, 0.4) is 0 Å². The van der Waals surface area contributed by atoms with E-state index in [1.807, 2.05) is 0 Å². The molecule has 0 amide bonds. The Hall–Kier alpha value is -1.31. The fraction of sp³-hybridized carbons (Fsp3) is 0.417. The summed E-state index contributed by atoms with van der Waals surface area (Å²) >= 11 is 0. The molecule has 112 valence electrons.